The number of hydrogen-bond acceptors (Lipinski definition) is 4. The van der Waals surface area contributed by atoms with E-state index < -0.39 is 24.8 Å². The minimum absolute atomic E-state index is 0. The Morgan fingerprint density at radius 2 is 1.12 bits per heavy atom. The van der Waals surface area contributed by atoms with E-state index in [-0.39, 0.29) is 59.1 Å². The normalized spacial score (nSPS) is 10.5. The second kappa shape index (κ2) is 26.2. The minimum atomic E-state index is -1.37. The number of carbonyl (C=O) groups is 2. The fourth-order valence-electron chi connectivity index (χ4n) is 2.29. The number of aliphatic carboxylic acids is 2. The zero-order chi connectivity index (χ0) is 17.2. The summed E-state index contributed by atoms with van der Waals surface area (Å²) in [5, 5.41) is 19.0. The molecular formula is C18H34Na2O4. The Morgan fingerprint density at radius 3 is 1.50 bits per heavy atom. The van der Waals surface area contributed by atoms with Crippen molar-refractivity contribution in [3.05, 3.63) is 0 Å². The molecule has 0 saturated heterocycles. The molecular weight excluding hydrogens is 326 g/mol. The van der Waals surface area contributed by atoms with Crippen molar-refractivity contribution < 1.29 is 78.9 Å². The summed E-state index contributed by atoms with van der Waals surface area (Å²) in [5.74, 6) is -1.71. The predicted molar refractivity (Wildman–Crippen MR) is 85.9 cm³/mol. The molecule has 24 heavy (non-hydrogen) atoms. The van der Waals surface area contributed by atoms with Gasteiger partial charge in [-0.1, -0.05) is 85.0 Å². The molecule has 0 heterocycles. The van der Waals surface area contributed by atoms with E-state index in [0.717, 1.165) is 5.92 Å². The average molecular weight is 360 g/mol. The molecule has 0 bridgehead atoms. The molecule has 0 aromatic rings. The second-order valence-corrected chi connectivity index (χ2v) is 5.86. The fourth-order valence-corrected chi connectivity index (χ4v) is 2.29. The van der Waals surface area contributed by atoms with Crippen LogP contribution in [0.4, 0.5) is 0 Å². The smallest absolute Gasteiger partial charge is 0.550 e. The van der Waals surface area contributed by atoms with Crippen molar-refractivity contribution >= 4 is 11.9 Å². The van der Waals surface area contributed by atoms with Crippen LogP contribution in [0.5, 0.6) is 0 Å². The van der Waals surface area contributed by atoms with Crippen molar-refractivity contribution in [2.75, 3.05) is 0 Å². The van der Waals surface area contributed by atoms with Gasteiger partial charge in [-0.15, -0.1) is 0 Å². The molecule has 1 atom stereocenters. The first-order valence-electron chi connectivity index (χ1n) is 8.87. The second-order valence-electron chi connectivity index (χ2n) is 5.86. The maximum Gasteiger partial charge on any atom is 1.00 e. The average Bonchev–Trinajstić information content (AvgIpc) is 2.48. The van der Waals surface area contributed by atoms with E-state index in [1.165, 1.54) is 64.2 Å². The van der Waals surface area contributed by atoms with Crippen LogP contribution in [0.1, 0.15) is 97.8 Å². The van der Waals surface area contributed by atoms with Crippen LogP contribution in [0, 0.1) is 5.92 Å². The first kappa shape index (κ1) is 32.6. The SMILES string of the molecule is CCCCCCCC(CC)CCCC.O=C([O-])CCC(=O)[O-].[Na+].[Na+]. The Kier molecular flexibility index (Phi) is 35.5. The summed E-state index contributed by atoms with van der Waals surface area (Å²) in [7, 11) is 0. The standard InChI is InChI=1S/C14H30.C4H6O4.2Na/c1-4-7-9-10-11-13-14(6-3)12-8-5-2;5-3(6)1-2-4(7)8;;/h14H,4-13H2,1-3H3;1-2H2,(H,5,6)(H,7,8);;/q;;2*+1/p-2. The zero-order valence-electron chi connectivity index (χ0n) is 16.7. The summed E-state index contributed by atoms with van der Waals surface area (Å²) < 4.78 is 0. The van der Waals surface area contributed by atoms with Crippen LogP contribution in [0.25, 0.3) is 0 Å². The molecule has 0 fully saturated rings. The van der Waals surface area contributed by atoms with Crippen LogP contribution < -0.4 is 69.3 Å². The summed E-state index contributed by atoms with van der Waals surface area (Å²) in [6.07, 6.45) is 13.4. The van der Waals surface area contributed by atoms with Crippen LogP contribution >= 0.6 is 0 Å². The van der Waals surface area contributed by atoms with Gasteiger partial charge in [-0.05, 0) is 18.8 Å². The van der Waals surface area contributed by atoms with Gasteiger partial charge in [0, 0.05) is 11.9 Å². The Bertz CT molecular complexity index is 260. The molecule has 0 spiro atoms. The van der Waals surface area contributed by atoms with Crippen molar-refractivity contribution in [1.29, 1.82) is 0 Å². The van der Waals surface area contributed by atoms with Crippen molar-refractivity contribution in [2.24, 2.45) is 5.92 Å². The molecule has 0 aliphatic carbocycles. The number of carboxylic acid groups (broad SMARTS) is 2. The van der Waals surface area contributed by atoms with Crippen LogP contribution in [0.2, 0.25) is 0 Å². The third kappa shape index (κ3) is 30.8. The predicted octanol–water partition coefficient (Wildman–Crippen LogP) is -3.16. The molecule has 0 aromatic carbocycles. The summed E-state index contributed by atoms with van der Waals surface area (Å²) in [6.45, 7) is 6.94. The molecule has 0 aliphatic heterocycles. The van der Waals surface area contributed by atoms with E-state index in [9.17, 15) is 19.8 Å². The van der Waals surface area contributed by atoms with Gasteiger partial charge in [0.25, 0.3) is 0 Å². The Hall–Kier alpha value is 0.940. The van der Waals surface area contributed by atoms with Gasteiger partial charge in [-0.2, -0.15) is 0 Å². The number of unbranched alkanes of at least 4 members (excludes halogenated alkanes) is 5. The topological polar surface area (TPSA) is 80.3 Å². The van der Waals surface area contributed by atoms with Gasteiger partial charge in [0.15, 0.2) is 0 Å². The number of carbonyl (C=O) groups excluding carboxylic acids is 2. The third-order valence-corrected chi connectivity index (χ3v) is 3.79. The number of hydrogen-bond donors (Lipinski definition) is 0. The van der Waals surface area contributed by atoms with Crippen molar-refractivity contribution in [2.45, 2.75) is 97.8 Å². The number of rotatable bonds is 13. The maximum absolute atomic E-state index is 9.50. The van der Waals surface area contributed by atoms with Crippen molar-refractivity contribution in [3.8, 4) is 0 Å². The quantitative estimate of drug-likeness (QED) is 0.257. The molecule has 1 unspecified atom stereocenters. The van der Waals surface area contributed by atoms with Gasteiger partial charge < -0.3 is 19.8 Å². The molecule has 0 radical (unpaired) electrons. The van der Waals surface area contributed by atoms with Gasteiger partial charge in [0.05, 0.1) is 0 Å². The molecule has 4 nitrogen and oxygen atoms in total. The van der Waals surface area contributed by atoms with Crippen molar-refractivity contribution in [3.63, 3.8) is 0 Å². The van der Waals surface area contributed by atoms with E-state index >= 15 is 0 Å². The van der Waals surface area contributed by atoms with E-state index in [2.05, 4.69) is 20.8 Å². The van der Waals surface area contributed by atoms with E-state index in [1.54, 1.807) is 0 Å². The molecule has 6 heteroatoms. The summed E-state index contributed by atoms with van der Waals surface area (Å²) >= 11 is 0. The summed E-state index contributed by atoms with van der Waals surface area (Å²) in [4.78, 5) is 19.0. The first-order valence-corrected chi connectivity index (χ1v) is 8.87. The largest absolute Gasteiger partial charge is 1.00 e. The zero-order valence-corrected chi connectivity index (χ0v) is 20.7. The summed E-state index contributed by atoms with van der Waals surface area (Å²) in [5.41, 5.74) is 0. The minimum Gasteiger partial charge on any atom is -0.550 e. The van der Waals surface area contributed by atoms with E-state index in [0.29, 0.717) is 0 Å². The monoisotopic (exact) mass is 360 g/mol. The summed E-state index contributed by atoms with van der Waals surface area (Å²) in [6, 6.07) is 0. The van der Waals surface area contributed by atoms with E-state index in [4.69, 9.17) is 0 Å². The third-order valence-electron chi connectivity index (χ3n) is 3.79. The molecule has 0 saturated carbocycles. The van der Waals surface area contributed by atoms with Gasteiger partial charge in [-0.3, -0.25) is 0 Å². The molecule has 0 rings (SSSR count). The van der Waals surface area contributed by atoms with Crippen molar-refractivity contribution in [1.82, 2.24) is 0 Å². The van der Waals surface area contributed by atoms with Crippen LogP contribution in [-0.2, 0) is 9.59 Å². The van der Waals surface area contributed by atoms with Crippen LogP contribution in [-0.4, -0.2) is 11.9 Å². The Labute approximate surface area is 193 Å². The molecule has 132 valence electrons. The van der Waals surface area contributed by atoms with Crippen LogP contribution in [0.15, 0.2) is 0 Å². The first-order chi connectivity index (χ1) is 10.5. The molecule has 0 amide bonds. The van der Waals surface area contributed by atoms with Gasteiger partial charge in [0.1, 0.15) is 0 Å². The van der Waals surface area contributed by atoms with Crippen LogP contribution in [0.3, 0.4) is 0 Å². The Balaban J connectivity index is -0.000000174. The van der Waals surface area contributed by atoms with Gasteiger partial charge >= 0.3 is 59.1 Å². The maximum atomic E-state index is 9.50. The molecule has 0 N–H and O–H groups in total. The van der Waals surface area contributed by atoms with Gasteiger partial charge in [0.2, 0.25) is 0 Å². The fraction of sp³-hybridized carbons (Fsp3) is 0.889. The molecule has 0 aliphatic rings. The van der Waals surface area contributed by atoms with E-state index in [1.807, 2.05) is 0 Å². The Morgan fingerprint density at radius 1 is 0.708 bits per heavy atom. The van der Waals surface area contributed by atoms with Gasteiger partial charge in [-0.25, -0.2) is 0 Å². The molecule has 0 aromatic heterocycles. The number of carboxylic acids is 2.